The lowest BCUT2D eigenvalue weighted by molar-refractivity contribution is -0.112. The molecule has 0 bridgehead atoms. The number of hydrogen-bond acceptors (Lipinski definition) is 5. The van der Waals surface area contributed by atoms with Crippen LogP contribution >= 0.6 is 0 Å². The molecule has 2 aromatic rings. The van der Waals surface area contributed by atoms with Crippen LogP contribution in [0.5, 0.6) is 0 Å². The van der Waals surface area contributed by atoms with Gasteiger partial charge in [-0.25, -0.2) is 0 Å². The molecule has 0 saturated heterocycles. The van der Waals surface area contributed by atoms with E-state index in [4.69, 9.17) is 4.55 Å². The number of carbonyl (C=O) groups excluding carboxylic acids is 1. The number of hydrogen-bond donors (Lipinski definition) is 2. The van der Waals surface area contributed by atoms with Gasteiger partial charge in [0, 0.05) is 25.5 Å². The summed E-state index contributed by atoms with van der Waals surface area (Å²) in [5.41, 5.74) is 1.24. The zero-order chi connectivity index (χ0) is 19.2. The van der Waals surface area contributed by atoms with Crippen LogP contribution in [0.2, 0.25) is 0 Å². The van der Waals surface area contributed by atoms with E-state index < -0.39 is 16.0 Å². The van der Waals surface area contributed by atoms with Crippen molar-refractivity contribution in [3.8, 4) is 6.07 Å². The van der Waals surface area contributed by atoms with Crippen molar-refractivity contribution in [2.75, 3.05) is 12.4 Å². The Morgan fingerprint density at radius 1 is 1.19 bits per heavy atom. The molecule has 2 N–H and O–H groups in total. The summed E-state index contributed by atoms with van der Waals surface area (Å²) in [6.45, 7) is 0.530. The minimum atomic E-state index is -4.30. The summed E-state index contributed by atoms with van der Waals surface area (Å²) in [7, 11) is -2.55. The largest absolute Gasteiger partial charge is 0.375 e. The fourth-order valence-corrected chi connectivity index (χ4v) is 2.66. The van der Waals surface area contributed by atoms with Crippen molar-refractivity contribution >= 4 is 21.7 Å². The molecule has 0 heterocycles. The summed E-state index contributed by atoms with van der Waals surface area (Å²) in [5, 5.41) is 11.7. The summed E-state index contributed by atoms with van der Waals surface area (Å²) in [6, 6.07) is 16.4. The molecule has 2 rings (SSSR count). The third-order valence-electron chi connectivity index (χ3n) is 3.40. The van der Waals surface area contributed by atoms with E-state index in [-0.39, 0.29) is 10.5 Å². The smallest absolute Gasteiger partial charge is 0.294 e. The van der Waals surface area contributed by atoms with Gasteiger partial charge in [-0.2, -0.15) is 13.7 Å². The second-order valence-electron chi connectivity index (χ2n) is 5.51. The Labute approximate surface area is 151 Å². The van der Waals surface area contributed by atoms with Crippen LogP contribution in [0.1, 0.15) is 5.56 Å². The number of benzene rings is 2. The normalized spacial score (nSPS) is 11.5. The van der Waals surface area contributed by atoms with Gasteiger partial charge in [-0.05, 0) is 29.8 Å². The first-order valence-corrected chi connectivity index (χ1v) is 8.98. The van der Waals surface area contributed by atoms with E-state index in [1.807, 2.05) is 36.4 Å². The molecule has 0 unspecified atom stereocenters. The third-order valence-corrected chi connectivity index (χ3v) is 4.27. The average molecular weight is 371 g/mol. The zero-order valence-corrected chi connectivity index (χ0v) is 14.8. The highest BCUT2D eigenvalue weighted by Gasteiger charge is 2.12. The number of amides is 1. The van der Waals surface area contributed by atoms with Gasteiger partial charge in [0.1, 0.15) is 11.6 Å². The van der Waals surface area contributed by atoms with Crippen LogP contribution in [-0.2, 0) is 21.5 Å². The van der Waals surface area contributed by atoms with Crippen molar-refractivity contribution in [1.29, 1.82) is 5.26 Å². The highest BCUT2D eigenvalue weighted by Crippen LogP contribution is 2.14. The number of nitrogens with one attached hydrogen (secondary N) is 1. The first-order chi connectivity index (χ1) is 12.3. The van der Waals surface area contributed by atoms with E-state index in [0.717, 1.165) is 17.7 Å². The van der Waals surface area contributed by atoms with E-state index in [2.05, 4.69) is 5.32 Å². The Morgan fingerprint density at radius 3 is 2.35 bits per heavy atom. The molecule has 0 saturated carbocycles. The molecule has 0 atom stereocenters. The number of nitriles is 1. The molecule has 0 aliphatic heterocycles. The number of nitrogens with zero attached hydrogens (tertiary/aromatic N) is 2. The Hall–Kier alpha value is -3.15. The molecule has 0 spiro atoms. The first kappa shape index (κ1) is 19.2. The maximum atomic E-state index is 12.2. The van der Waals surface area contributed by atoms with Crippen molar-refractivity contribution < 1.29 is 17.8 Å². The summed E-state index contributed by atoms with van der Waals surface area (Å²) in [6.07, 6.45) is 1.44. The standard InChI is InChI=1S/C18H17N3O4S/c1-21(12-14-5-3-2-4-6-14)13-15(11-19)18(22)20-16-7-9-17(10-8-16)26(23,24)25/h2-10,13H,12H2,1H3,(H,20,22)(H,23,24,25)/b15-13-. The molecule has 2 aromatic carbocycles. The van der Waals surface area contributed by atoms with Crippen LogP contribution in [0.3, 0.4) is 0 Å². The summed E-state index contributed by atoms with van der Waals surface area (Å²) in [5.74, 6) is -0.619. The van der Waals surface area contributed by atoms with Crippen molar-refractivity contribution in [1.82, 2.24) is 4.90 Å². The molecule has 7 nitrogen and oxygen atoms in total. The van der Waals surface area contributed by atoms with E-state index in [1.54, 1.807) is 11.9 Å². The third kappa shape index (κ3) is 5.44. The van der Waals surface area contributed by atoms with Gasteiger partial charge in [0.05, 0.1) is 4.90 Å². The lowest BCUT2D eigenvalue weighted by Gasteiger charge is -2.15. The van der Waals surface area contributed by atoms with Crippen LogP contribution in [0.15, 0.2) is 71.3 Å². The summed E-state index contributed by atoms with van der Waals surface area (Å²) >= 11 is 0. The van der Waals surface area contributed by atoms with Crippen molar-refractivity contribution in [2.45, 2.75) is 11.4 Å². The molecule has 1 amide bonds. The molecule has 0 radical (unpaired) electrons. The van der Waals surface area contributed by atoms with Gasteiger partial charge in [0.2, 0.25) is 0 Å². The van der Waals surface area contributed by atoms with Gasteiger partial charge in [-0.1, -0.05) is 30.3 Å². The van der Waals surface area contributed by atoms with Gasteiger partial charge in [0.25, 0.3) is 16.0 Å². The van der Waals surface area contributed by atoms with Crippen molar-refractivity contribution in [2.24, 2.45) is 0 Å². The molecule has 26 heavy (non-hydrogen) atoms. The lowest BCUT2D eigenvalue weighted by Crippen LogP contribution is -2.18. The highest BCUT2D eigenvalue weighted by atomic mass is 32.2. The Kier molecular flexibility index (Phi) is 6.11. The fraction of sp³-hybridized carbons (Fsp3) is 0.111. The molecule has 0 aliphatic carbocycles. The molecular formula is C18H17N3O4S. The van der Waals surface area contributed by atoms with Gasteiger partial charge >= 0.3 is 0 Å². The predicted molar refractivity (Wildman–Crippen MR) is 96.5 cm³/mol. The molecule has 0 aliphatic rings. The maximum absolute atomic E-state index is 12.2. The Morgan fingerprint density at radius 2 is 1.81 bits per heavy atom. The zero-order valence-electron chi connectivity index (χ0n) is 14.0. The van der Waals surface area contributed by atoms with Crippen molar-refractivity contribution in [3.63, 3.8) is 0 Å². The SMILES string of the molecule is CN(/C=C(/C#N)C(=O)Nc1ccc(S(=O)(=O)O)cc1)Cc1ccccc1. The van der Waals surface area contributed by atoms with E-state index in [1.165, 1.54) is 18.3 Å². The Bertz CT molecular complexity index is 946. The fourth-order valence-electron chi connectivity index (χ4n) is 2.18. The maximum Gasteiger partial charge on any atom is 0.294 e. The molecule has 0 fully saturated rings. The second-order valence-corrected chi connectivity index (χ2v) is 6.93. The van der Waals surface area contributed by atoms with Crippen LogP contribution in [0.25, 0.3) is 0 Å². The number of rotatable bonds is 6. The van der Waals surface area contributed by atoms with E-state index in [0.29, 0.717) is 12.2 Å². The van der Waals surface area contributed by atoms with Crippen LogP contribution in [0, 0.1) is 11.3 Å². The minimum Gasteiger partial charge on any atom is -0.375 e. The Balaban J connectivity index is 2.07. The van der Waals surface area contributed by atoms with Crippen LogP contribution in [-0.4, -0.2) is 30.8 Å². The predicted octanol–water partition coefficient (Wildman–Crippen LogP) is 2.41. The molecule has 134 valence electrons. The summed E-state index contributed by atoms with van der Waals surface area (Å²) < 4.78 is 30.9. The van der Waals surface area contributed by atoms with Gasteiger partial charge in [0.15, 0.2) is 0 Å². The molecule has 8 heteroatoms. The minimum absolute atomic E-state index is 0.0951. The lowest BCUT2D eigenvalue weighted by atomic mass is 10.2. The van der Waals surface area contributed by atoms with Crippen LogP contribution < -0.4 is 5.32 Å². The van der Waals surface area contributed by atoms with Gasteiger partial charge in [-0.3, -0.25) is 9.35 Å². The van der Waals surface area contributed by atoms with Gasteiger partial charge in [-0.15, -0.1) is 0 Å². The first-order valence-electron chi connectivity index (χ1n) is 7.54. The number of anilines is 1. The van der Waals surface area contributed by atoms with Gasteiger partial charge < -0.3 is 10.2 Å². The molecule has 0 aromatic heterocycles. The van der Waals surface area contributed by atoms with Crippen LogP contribution in [0.4, 0.5) is 5.69 Å². The van der Waals surface area contributed by atoms with Crippen molar-refractivity contribution in [3.05, 3.63) is 71.9 Å². The summed E-state index contributed by atoms with van der Waals surface area (Å²) in [4.78, 5) is 13.7. The topological polar surface area (TPSA) is 111 Å². The van der Waals surface area contributed by atoms with E-state index in [9.17, 15) is 18.5 Å². The monoisotopic (exact) mass is 371 g/mol. The second kappa shape index (κ2) is 8.29. The highest BCUT2D eigenvalue weighted by molar-refractivity contribution is 7.85. The molecular weight excluding hydrogens is 354 g/mol. The number of carbonyl (C=O) groups is 1. The average Bonchev–Trinajstić information content (AvgIpc) is 2.60. The van der Waals surface area contributed by atoms with E-state index >= 15 is 0 Å². The quantitative estimate of drug-likeness (QED) is 0.458.